The molecule has 3 aromatic carbocycles. The highest BCUT2D eigenvalue weighted by Gasteiger charge is 2.14. The van der Waals surface area contributed by atoms with Gasteiger partial charge in [-0.25, -0.2) is 9.59 Å². The Balaban J connectivity index is 1.55. The van der Waals surface area contributed by atoms with E-state index < -0.39 is 11.9 Å². The van der Waals surface area contributed by atoms with Crippen LogP contribution in [-0.4, -0.2) is 25.7 Å². The van der Waals surface area contributed by atoms with Crippen LogP contribution < -0.4 is 9.47 Å². The lowest BCUT2D eigenvalue weighted by atomic mass is 10.2. The largest absolute Gasteiger partial charge is 0.496 e. The Morgan fingerprint density at radius 1 is 0.786 bits per heavy atom. The van der Waals surface area contributed by atoms with Gasteiger partial charge in [-0.1, -0.05) is 42.5 Å². The number of methoxy groups -OCH3 is 1. The molecule has 0 fully saturated rings. The van der Waals surface area contributed by atoms with Crippen molar-refractivity contribution in [1.29, 1.82) is 0 Å². The van der Waals surface area contributed by atoms with Gasteiger partial charge in [0, 0.05) is 6.42 Å². The Labute approximate surface area is 163 Å². The minimum Gasteiger partial charge on any atom is -0.496 e. The quantitative estimate of drug-likeness (QED) is 0.454. The first-order valence-corrected chi connectivity index (χ1v) is 8.83. The molecule has 0 bridgehead atoms. The summed E-state index contributed by atoms with van der Waals surface area (Å²) in [6, 6.07) is 22.9. The molecule has 0 spiro atoms. The van der Waals surface area contributed by atoms with Gasteiger partial charge >= 0.3 is 11.9 Å². The van der Waals surface area contributed by atoms with Gasteiger partial charge in [0.25, 0.3) is 0 Å². The second-order valence-electron chi connectivity index (χ2n) is 5.99. The van der Waals surface area contributed by atoms with Crippen molar-refractivity contribution < 1.29 is 23.8 Å². The molecule has 3 rings (SSSR count). The molecule has 0 radical (unpaired) electrons. The van der Waals surface area contributed by atoms with Crippen LogP contribution in [0.1, 0.15) is 26.3 Å². The van der Waals surface area contributed by atoms with Gasteiger partial charge in [0.05, 0.1) is 19.3 Å². The summed E-state index contributed by atoms with van der Waals surface area (Å²) in [6.45, 7) is 0.299. The molecule has 0 N–H and O–H groups in total. The van der Waals surface area contributed by atoms with E-state index in [4.69, 9.17) is 14.2 Å². The summed E-state index contributed by atoms with van der Waals surface area (Å²) in [5.74, 6) is -0.183. The summed E-state index contributed by atoms with van der Waals surface area (Å²) in [5.41, 5.74) is 1.83. The van der Waals surface area contributed by atoms with E-state index in [1.807, 2.05) is 30.3 Å². The van der Waals surface area contributed by atoms with Crippen molar-refractivity contribution in [1.82, 2.24) is 0 Å². The first-order chi connectivity index (χ1) is 13.7. The fraction of sp³-hybridized carbons (Fsp3) is 0.130. The maximum atomic E-state index is 12.3. The van der Waals surface area contributed by atoms with Gasteiger partial charge in [0.2, 0.25) is 0 Å². The van der Waals surface area contributed by atoms with Gasteiger partial charge in [-0.15, -0.1) is 0 Å². The van der Waals surface area contributed by atoms with E-state index in [0.717, 1.165) is 5.56 Å². The third kappa shape index (κ3) is 4.98. The van der Waals surface area contributed by atoms with Crippen molar-refractivity contribution in [3.63, 3.8) is 0 Å². The van der Waals surface area contributed by atoms with Crippen molar-refractivity contribution >= 4 is 11.9 Å². The number of para-hydroxylation sites is 1. The predicted molar refractivity (Wildman–Crippen MR) is 105 cm³/mol. The number of ether oxygens (including phenoxy) is 3. The molecule has 28 heavy (non-hydrogen) atoms. The second kappa shape index (κ2) is 9.37. The Hall–Kier alpha value is -3.60. The molecule has 5 heteroatoms. The Morgan fingerprint density at radius 2 is 1.46 bits per heavy atom. The number of carbonyl (C=O) groups is 2. The monoisotopic (exact) mass is 376 g/mol. The van der Waals surface area contributed by atoms with Crippen LogP contribution in [0.3, 0.4) is 0 Å². The first kappa shape index (κ1) is 19.2. The Kier molecular flexibility index (Phi) is 6.41. The van der Waals surface area contributed by atoms with E-state index >= 15 is 0 Å². The van der Waals surface area contributed by atoms with Crippen LogP contribution in [0.5, 0.6) is 11.5 Å². The van der Waals surface area contributed by atoms with Crippen molar-refractivity contribution in [2.24, 2.45) is 0 Å². The molecule has 0 heterocycles. The summed E-state index contributed by atoms with van der Waals surface area (Å²) in [5, 5.41) is 0. The molecule has 0 aromatic heterocycles. The van der Waals surface area contributed by atoms with Crippen LogP contribution in [-0.2, 0) is 11.2 Å². The minimum absolute atomic E-state index is 0.299. The summed E-state index contributed by atoms with van der Waals surface area (Å²) in [6.07, 6.45) is 0.654. The van der Waals surface area contributed by atoms with Gasteiger partial charge < -0.3 is 14.2 Å². The number of esters is 2. The van der Waals surface area contributed by atoms with Crippen LogP contribution in [0.4, 0.5) is 0 Å². The van der Waals surface area contributed by atoms with Gasteiger partial charge in [0.15, 0.2) is 0 Å². The van der Waals surface area contributed by atoms with Crippen molar-refractivity contribution in [2.75, 3.05) is 13.7 Å². The van der Waals surface area contributed by atoms with E-state index in [9.17, 15) is 9.59 Å². The normalized spacial score (nSPS) is 10.2. The predicted octanol–water partition coefficient (Wildman–Crippen LogP) is 4.31. The summed E-state index contributed by atoms with van der Waals surface area (Å²) in [7, 11) is 1.49. The highest BCUT2D eigenvalue weighted by atomic mass is 16.5. The molecule has 0 aliphatic carbocycles. The Bertz CT molecular complexity index is 933. The second-order valence-corrected chi connectivity index (χ2v) is 5.99. The third-order valence-corrected chi connectivity index (χ3v) is 4.09. The zero-order valence-electron chi connectivity index (χ0n) is 15.5. The number of rotatable bonds is 7. The van der Waals surface area contributed by atoms with Crippen LogP contribution >= 0.6 is 0 Å². The highest BCUT2D eigenvalue weighted by Crippen LogP contribution is 2.21. The van der Waals surface area contributed by atoms with Crippen molar-refractivity contribution in [3.05, 3.63) is 95.6 Å². The SMILES string of the molecule is COc1ccccc1C(=O)Oc1ccc(C(=O)OCCc2ccccc2)cc1. The minimum atomic E-state index is -0.532. The van der Waals surface area contributed by atoms with Crippen LogP contribution in [0, 0.1) is 0 Å². The van der Waals surface area contributed by atoms with Crippen molar-refractivity contribution in [2.45, 2.75) is 6.42 Å². The lowest BCUT2D eigenvalue weighted by Crippen LogP contribution is -2.11. The number of benzene rings is 3. The molecule has 0 amide bonds. The molecule has 0 aliphatic rings. The van der Waals surface area contributed by atoms with Crippen LogP contribution in [0.2, 0.25) is 0 Å². The van der Waals surface area contributed by atoms with Crippen LogP contribution in [0.15, 0.2) is 78.9 Å². The van der Waals surface area contributed by atoms with E-state index in [-0.39, 0.29) is 0 Å². The Morgan fingerprint density at radius 3 is 2.18 bits per heavy atom. The molecule has 0 unspecified atom stereocenters. The average Bonchev–Trinajstić information content (AvgIpc) is 2.75. The molecule has 0 aliphatic heterocycles. The fourth-order valence-electron chi connectivity index (χ4n) is 2.62. The van der Waals surface area contributed by atoms with Gasteiger partial charge in [-0.3, -0.25) is 0 Å². The molecule has 0 saturated heterocycles. The molecule has 142 valence electrons. The first-order valence-electron chi connectivity index (χ1n) is 8.83. The smallest absolute Gasteiger partial charge is 0.347 e. The fourth-order valence-corrected chi connectivity index (χ4v) is 2.62. The molecule has 0 atom stereocenters. The van der Waals surface area contributed by atoms with Gasteiger partial charge in [-0.05, 0) is 42.0 Å². The van der Waals surface area contributed by atoms with Crippen LogP contribution in [0.25, 0.3) is 0 Å². The molecule has 5 nitrogen and oxygen atoms in total. The standard InChI is InChI=1S/C23H20O5/c1-26-21-10-6-5-9-20(21)23(25)28-19-13-11-18(12-14-19)22(24)27-16-15-17-7-3-2-4-8-17/h2-14H,15-16H2,1H3. The highest BCUT2D eigenvalue weighted by molar-refractivity contribution is 5.94. The zero-order chi connectivity index (χ0) is 19.8. The zero-order valence-corrected chi connectivity index (χ0v) is 15.5. The number of carbonyl (C=O) groups excluding carboxylic acids is 2. The van der Waals surface area contributed by atoms with Gasteiger partial charge in [-0.2, -0.15) is 0 Å². The lowest BCUT2D eigenvalue weighted by molar-refractivity contribution is 0.0509. The molecular weight excluding hydrogens is 356 g/mol. The van der Waals surface area contributed by atoms with E-state index in [1.54, 1.807) is 48.5 Å². The third-order valence-electron chi connectivity index (χ3n) is 4.09. The van der Waals surface area contributed by atoms with Gasteiger partial charge in [0.1, 0.15) is 17.1 Å². The summed E-state index contributed by atoms with van der Waals surface area (Å²) in [4.78, 5) is 24.4. The van der Waals surface area contributed by atoms with E-state index in [1.165, 1.54) is 7.11 Å². The molecular formula is C23H20O5. The number of hydrogen-bond donors (Lipinski definition) is 0. The summed E-state index contributed by atoms with van der Waals surface area (Å²) < 4.78 is 15.8. The average molecular weight is 376 g/mol. The molecule has 0 saturated carbocycles. The van der Waals surface area contributed by atoms with E-state index in [2.05, 4.69) is 0 Å². The molecule has 3 aromatic rings. The van der Waals surface area contributed by atoms with Crippen molar-refractivity contribution in [3.8, 4) is 11.5 Å². The lowest BCUT2D eigenvalue weighted by Gasteiger charge is -2.09. The maximum absolute atomic E-state index is 12.3. The summed E-state index contributed by atoms with van der Waals surface area (Å²) >= 11 is 0. The maximum Gasteiger partial charge on any atom is 0.347 e. The number of hydrogen-bond acceptors (Lipinski definition) is 5. The topological polar surface area (TPSA) is 61.8 Å². The van der Waals surface area contributed by atoms with E-state index in [0.29, 0.717) is 35.7 Å².